The van der Waals surface area contributed by atoms with Gasteiger partial charge < -0.3 is 5.32 Å². The van der Waals surface area contributed by atoms with Crippen LogP contribution in [0, 0.1) is 11.6 Å². The molecule has 0 saturated heterocycles. The summed E-state index contributed by atoms with van der Waals surface area (Å²) in [6, 6.07) is 5.28. The van der Waals surface area contributed by atoms with Crippen LogP contribution in [-0.2, 0) is 6.42 Å². The quantitative estimate of drug-likeness (QED) is 0.815. The number of likely N-dealkylation sites (N-methyl/N-ethyl adjacent to an activating group) is 1. The molecule has 1 aromatic carbocycles. The van der Waals surface area contributed by atoms with Crippen molar-refractivity contribution in [3.63, 3.8) is 0 Å². The van der Waals surface area contributed by atoms with Crippen LogP contribution in [0.2, 0.25) is 0 Å². The summed E-state index contributed by atoms with van der Waals surface area (Å²) in [4.78, 5) is 4.35. The first kappa shape index (κ1) is 15.5. The van der Waals surface area contributed by atoms with E-state index in [1.54, 1.807) is 13.2 Å². The van der Waals surface area contributed by atoms with Crippen molar-refractivity contribution in [1.82, 2.24) is 10.3 Å². The van der Waals surface area contributed by atoms with Gasteiger partial charge in [-0.15, -0.1) is 0 Å². The van der Waals surface area contributed by atoms with Gasteiger partial charge in [-0.05, 0) is 69.1 Å². The minimum atomic E-state index is -0.572. The largest absolute Gasteiger partial charge is 0.311 e. The lowest BCUT2D eigenvalue weighted by molar-refractivity contribution is 0.553. The lowest BCUT2D eigenvalue weighted by Gasteiger charge is -2.17. The second-order valence-corrected chi connectivity index (χ2v) is 6.11. The van der Waals surface area contributed by atoms with Crippen molar-refractivity contribution in [2.45, 2.75) is 12.5 Å². The average Bonchev–Trinajstić information content (AvgIpc) is 2.35. The molecule has 0 aliphatic heterocycles. The topological polar surface area (TPSA) is 24.9 Å². The SMILES string of the molecule is CNC(Cc1cc(F)cc(F)c1)c1ncc(Br)cc1Br. The van der Waals surface area contributed by atoms with E-state index in [0.29, 0.717) is 12.0 Å². The Bertz CT molecular complexity index is 600. The first-order valence-corrected chi connectivity index (χ1v) is 7.51. The number of nitrogens with zero attached hydrogens (tertiary/aromatic N) is 1. The Labute approximate surface area is 132 Å². The molecule has 1 N–H and O–H groups in total. The zero-order valence-corrected chi connectivity index (χ0v) is 13.8. The van der Waals surface area contributed by atoms with Gasteiger partial charge in [0.1, 0.15) is 11.6 Å². The van der Waals surface area contributed by atoms with Gasteiger partial charge in [0, 0.05) is 21.2 Å². The highest BCUT2D eigenvalue weighted by Crippen LogP contribution is 2.27. The summed E-state index contributed by atoms with van der Waals surface area (Å²) in [7, 11) is 1.79. The molecule has 1 atom stereocenters. The van der Waals surface area contributed by atoms with Crippen LogP contribution < -0.4 is 5.32 Å². The van der Waals surface area contributed by atoms with Gasteiger partial charge >= 0.3 is 0 Å². The summed E-state index contributed by atoms with van der Waals surface area (Å²) >= 11 is 6.79. The summed E-state index contributed by atoms with van der Waals surface area (Å²) < 4.78 is 28.1. The summed E-state index contributed by atoms with van der Waals surface area (Å²) in [5.74, 6) is -1.14. The van der Waals surface area contributed by atoms with Crippen LogP contribution in [0.15, 0.2) is 39.4 Å². The third-order valence-corrected chi connectivity index (χ3v) is 3.95. The van der Waals surface area contributed by atoms with Crippen LogP contribution in [0.25, 0.3) is 0 Å². The van der Waals surface area contributed by atoms with Crippen LogP contribution in [0.4, 0.5) is 8.78 Å². The lowest BCUT2D eigenvalue weighted by Crippen LogP contribution is -2.20. The van der Waals surface area contributed by atoms with Crippen molar-refractivity contribution < 1.29 is 8.78 Å². The fourth-order valence-corrected chi connectivity index (χ4v) is 3.25. The number of hydrogen-bond acceptors (Lipinski definition) is 2. The molecule has 1 unspecified atom stereocenters. The third kappa shape index (κ3) is 3.84. The molecule has 0 aliphatic carbocycles. The van der Waals surface area contributed by atoms with Crippen LogP contribution in [0.1, 0.15) is 17.3 Å². The molecule has 1 aromatic heterocycles. The maximum Gasteiger partial charge on any atom is 0.126 e. The second kappa shape index (κ2) is 6.74. The van der Waals surface area contributed by atoms with E-state index in [9.17, 15) is 8.78 Å². The summed E-state index contributed by atoms with van der Waals surface area (Å²) in [5.41, 5.74) is 1.37. The number of pyridine rings is 1. The van der Waals surface area contributed by atoms with Crippen molar-refractivity contribution in [3.05, 3.63) is 62.3 Å². The zero-order valence-electron chi connectivity index (χ0n) is 10.6. The second-order valence-electron chi connectivity index (χ2n) is 4.34. The minimum absolute atomic E-state index is 0.140. The van der Waals surface area contributed by atoms with Gasteiger partial charge in [-0.3, -0.25) is 4.98 Å². The van der Waals surface area contributed by atoms with Gasteiger partial charge in [0.25, 0.3) is 0 Å². The first-order chi connectivity index (χ1) is 9.49. The molecule has 0 spiro atoms. The zero-order chi connectivity index (χ0) is 14.7. The maximum absolute atomic E-state index is 13.2. The third-order valence-electron chi connectivity index (χ3n) is 2.88. The molecule has 6 heteroatoms. The number of aromatic nitrogens is 1. The Kier molecular flexibility index (Phi) is 5.23. The molecule has 106 valence electrons. The van der Waals surface area contributed by atoms with E-state index in [0.717, 1.165) is 20.7 Å². The van der Waals surface area contributed by atoms with E-state index in [4.69, 9.17) is 0 Å². The number of rotatable bonds is 4. The Balaban J connectivity index is 2.28. The first-order valence-electron chi connectivity index (χ1n) is 5.92. The highest BCUT2D eigenvalue weighted by molar-refractivity contribution is 9.11. The smallest absolute Gasteiger partial charge is 0.126 e. The average molecular weight is 406 g/mol. The van der Waals surface area contributed by atoms with Gasteiger partial charge in [-0.25, -0.2) is 8.78 Å². The van der Waals surface area contributed by atoms with Crippen molar-refractivity contribution in [1.29, 1.82) is 0 Å². The Hall–Kier alpha value is -0.850. The molecule has 0 saturated carbocycles. The Morgan fingerprint density at radius 1 is 1.15 bits per heavy atom. The normalized spacial score (nSPS) is 12.4. The molecule has 0 amide bonds. The van der Waals surface area contributed by atoms with Crippen molar-refractivity contribution in [2.24, 2.45) is 0 Å². The van der Waals surface area contributed by atoms with Crippen LogP contribution in [0.5, 0.6) is 0 Å². The van der Waals surface area contributed by atoms with Crippen molar-refractivity contribution in [3.8, 4) is 0 Å². The number of hydrogen-bond donors (Lipinski definition) is 1. The predicted molar refractivity (Wildman–Crippen MR) is 81.5 cm³/mol. The van der Waals surface area contributed by atoms with Crippen LogP contribution in [-0.4, -0.2) is 12.0 Å². The molecule has 0 radical (unpaired) electrons. The molecule has 1 heterocycles. The summed E-state index contributed by atoms with van der Waals surface area (Å²) in [6.45, 7) is 0. The molecule has 2 aromatic rings. The highest BCUT2D eigenvalue weighted by atomic mass is 79.9. The minimum Gasteiger partial charge on any atom is -0.311 e. The maximum atomic E-state index is 13.2. The van der Waals surface area contributed by atoms with E-state index in [1.807, 2.05) is 6.07 Å². The summed E-state index contributed by atoms with van der Waals surface area (Å²) in [5, 5.41) is 3.11. The Morgan fingerprint density at radius 3 is 2.35 bits per heavy atom. The number of benzene rings is 1. The summed E-state index contributed by atoms with van der Waals surface area (Å²) in [6.07, 6.45) is 2.13. The Morgan fingerprint density at radius 2 is 1.80 bits per heavy atom. The molecule has 20 heavy (non-hydrogen) atoms. The number of halogens is 4. The monoisotopic (exact) mass is 404 g/mol. The lowest BCUT2D eigenvalue weighted by atomic mass is 10.0. The van der Waals surface area contributed by atoms with Gasteiger partial charge in [0.15, 0.2) is 0 Å². The van der Waals surface area contributed by atoms with Crippen molar-refractivity contribution >= 4 is 31.9 Å². The van der Waals surface area contributed by atoms with Gasteiger partial charge in [0.05, 0.1) is 11.7 Å². The molecule has 2 rings (SSSR count). The molecule has 2 nitrogen and oxygen atoms in total. The predicted octanol–water partition coefficient (Wildman–Crippen LogP) is 4.39. The van der Waals surface area contributed by atoms with E-state index in [2.05, 4.69) is 42.2 Å². The van der Waals surface area contributed by atoms with E-state index in [-0.39, 0.29) is 6.04 Å². The molecule has 0 fully saturated rings. The van der Waals surface area contributed by atoms with E-state index < -0.39 is 11.6 Å². The van der Waals surface area contributed by atoms with Gasteiger partial charge in [0.2, 0.25) is 0 Å². The fourth-order valence-electron chi connectivity index (χ4n) is 1.98. The molecule has 0 aliphatic rings. The van der Waals surface area contributed by atoms with Crippen LogP contribution in [0.3, 0.4) is 0 Å². The van der Waals surface area contributed by atoms with Crippen molar-refractivity contribution in [2.75, 3.05) is 7.05 Å². The highest BCUT2D eigenvalue weighted by Gasteiger charge is 2.16. The molecular weight excluding hydrogens is 394 g/mol. The van der Waals surface area contributed by atoms with Gasteiger partial charge in [-0.1, -0.05) is 0 Å². The van der Waals surface area contributed by atoms with E-state index in [1.165, 1.54) is 12.1 Å². The standard InChI is InChI=1S/C14H12Br2F2N2/c1-19-13(14-12(16)5-9(15)7-20-14)4-8-2-10(17)6-11(18)3-8/h2-3,5-7,13,19H,4H2,1H3. The van der Waals surface area contributed by atoms with Crippen LogP contribution >= 0.6 is 31.9 Å². The number of nitrogens with one attached hydrogen (secondary N) is 1. The molecule has 0 bridgehead atoms. The van der Waals surface area contributed by atoms with E-state index >= 15 is 0 Å². The molecular formula is C14H12Br2F2N2. The van der Waals surface area contributed by atoms with Gasteiger partial charge in [-0.2, -0.15) is 0 Å². The fraction of sp³-hybridized carbons (Fsp3) is 0.214.